The molecule has 0 unspecified atom stereocenters. The van der Waals surface area contributed by atoms with E-state index in [1.165, 1.54) is 12.7 Å². The van der Waals surface area contributed by atoms with Gasteiger partial charge in [-0.25, -0.2) is 19.5 Å². The molecule has 10 heteroatoms. The Balaban J connectivity index is 1.12. The van der Waals surface area contributed by atoms with Crippen molar-refractivity contribution in [2.45, 2.75) is 44.9 Å². The molecule has 7 rings (SSSR count). The monoisotopic (exact) mass is 481 g/mol. The molecular weight excluding hydrogens is 454 g/mol. The Morgan fingerprint density at radius 1 is 1.06 bits per heavy atom. The molecule has 0 aliphatic carbocycles. The Bertz CT molecular complexity index is 1480. The number of benzene rings is 1. The van der Waals surface area contributed by atoms with Crippen molar-refractivity contribution in [1.82, 2.24) is 34.8 Å². The van der Waals surface area contributed by atoms with Crippen molar-refractivity contribution in [2.24, 2.45) is 0 Å². The molecule has 4 aromatic rings. The minimum atomic E-state index is -0.0329. The van der Waals surface area contributed by atoms with Gasteiger partial charge in [0.1, 0.15) is 12.1 Å². The Morgan fingerprint density at radius 3 is 2.75 bits per heavy atom. The molecule has 3 aliphatic heterocycles. The van der Waals surface area contributed by atoms with E-state index in [1.54, 1.807) is 10.7 Å². The number of rotatable bonds is 5. The van der Waals surface area contributed by atoms with Crippen LogP contribution in [0.4, 0.5) is 17.3 Å². The molecule has 2 atom stereocenters. The van der Waals surface area contributed by atoms with Gasteiger partial charge in [0.25, 0.3) is 5.91 Å². The molecule has 1 amide bonds. The van der Waals surface area contributed by atoms with Gasteiger partial charge in [0.15, 0.2) is 11.5 Å². The van der Waals surface area contributed by atoms with Crippen LogP contribution in [0, 0.1) is 0 Å². The number of hydrogen-bond acceptors (Lipinski definition) is 8. The van der Waals surface area contributed by atoms with E-state index in [9.17, 15) is 4.79 Å². The molecule has 0 spiro atoms. The SMILES string of the molecule is CC(C)N1C[C@@H]2C[C@H]1CN2c1ccc(Nc2ncc(-c3ccc4c(c3)CNC4=O)n3ncnc23)cn1. The number of carbonyl (C=O) groups excluding carboxylic acids is 1. The van der Waals surface area contributed by atoms with E-state index < -0.39 is 0 Å². The maximum absolute atomic E-state index is 11.9. The van der Waals surface area contributed by atoms with Crippen molar-refractivity contribution in [3.8, 4) is 11.3 Å². The lowest BCUT2D eigenvalue weighted by molar-refractivity contribution is 0.0965. The molecule has 2 saturated heterocycles. The second-order valence-corrected chi connectivity index (χ2v) is 10.1. The largest absolute Gasteiger partial charge is 0.351 e. The summed E-state index contributed by atoms with van der Waals surface area (Å²) in [5, 5.41) is 10.6. The van der Waals surface area contributed by atoms with Gasteiger partial charge in [-0.15, -0.1) is 0 Å². The molecule has 0 radical (unpaired) electrons. The van der Waals surface area contributed by atoms with Gasteiger partial charge >= 0.3 is 0 Å². The highest BCUT2D eigenvalue weighted by Gasteiger charge is 2.44. The van der Waals surface area contributed by atoms with Gasteiger partial charge in [-0.05, 0) is 50.1 Å². The fraction of sp³-hybridized carbons (Fsp3) is 0.346. The highest BCUT2D eigenvalue weighted by Crippen LogP contribution is 2.35. The fourth-order valence-electron chi connectivity index (χ4n) is 5.87. The Kier molecular flexibility index (Phi) is 4.72. The van der Waals surface area contributed by atoms with E-state index in [2.05, 4.69) is 55.4 Å². The molecule has 3 aliphatic rings. The van der Waals surface area contributed by atoms with Crippen LogP contribution in [0.2, 0.25) is 0 Å². The summed E-state index contributed by atoms with van der Waals surface area (Å²) in [5.41, 5.74) is 4.90. The third kappa shape index (κ3) is 3.32. The van der Waals surface area contributed by atoms with Crippen LogP contribution in [0.3, 0.4) is 0 Å². The Labute approximate surface area is 208 Å². The van der Waals surface area contributed by atoms with Gasteiger partial charge < -0.3 is 15.5 Å². The highest BCUT2D eigenvalue weighted by molar-refractivity contribution is 5.98. The van der Waals surface area contributed by atoms with Crippen molar-refractivity contribution in [3.63, 3.8) is 0 Å². The Hall–Kier alpha value is -4.05. The molecular formula is C26H27N9O. The number of fused-ring (bicyclic) bond motifs is 4. The van der Waals surface area contributed by atoms with Crippen LogP contribution in [-0.2, 0) is 6.54 Å². The van der Waals surface area contributed by atoms with Crippen LogP contribution in [0.1, 0.15) is 36.2 Å². The first-order valence-electron chi connectivity index (χ1n) is 12.4. The predicted octanol–water partition coefficient (Wildman–Crippen LogP) is 2.84. The second kappa shape index (κ2) is 7.99. The number of aromatic nitrogens is 5. The molecule has 3 aromatic heterocycles. The van der Waals surface area contributed by atoms with E-state index in [0.717, 1.165) is 47.0 Å². The lowest BCUT2D eigenvalue weighted by Gasteiger charge is -2.37. The van der Waals surface area contributed by atoms with Gasteiger partial charge in [-0.2, -0.15) is 5.10 Å². The molecule has 10 nitrogen and oxygen atoms in total. The van der Waals surface area contributed by atoms with Crippen LogP contribution in [0.25, 0.3) is 16.9 Å². The molecule has 0 saturated carbocycles. The number of nitrogens with one attached hydrogen (secondary N) is 2. The summed E-state index contributed by atoms with van der Waals surface area (Å²) >= 11 is 0. The number of carbonyl (C=O) groups is 1. The molecule has 6 heterocycles. The number of hydrogen-bond donors (Lipinski definition) is 2. The highest BCUT2D eigenvalue weighted by atomic mass is 16.1. The van der Waals surface area contributed by atoms with Gasteiger partial charge in [-0.1, -0.05) is 6.07 Å². The van der Waals surface area contributed by atoms with Gasteiger partial charge in [-0.3, -0.25) is 9.69 Å². The lowest BCUT2D eigenvalue weighted by Crippen LogP contribution is -2.49. The van der Waals surface area contributed by atoms with Crippen LogP contribution < -0.4 is 15.5 Å². The van der Waals surface area contributed by atoms with Crippen LogP contribution in [0.5, 0.6) is 0 Å². The zero-order valence-corrected chi connectivity index (χ0v) is 20.2. The topological polar surface area (TPSA) is 104 Å². The van der Waals surface area contributed by atoms with Crippen molar-refractivity contribution >= 4 is 28.9 Å². The first-order valence-corrected chi connectivity index (χ1v) is 12.4. The van der Waals surface area contributed by atoms with E-state index in [0.29, 0.717) is 36.1 Å². The summed E-state index contributed by atoms with van der Waals surface area (Å²) in [6.45, 7) is 7.25. The van der Waals surface area contributed by atoms with E-state index in [1.807, 2.05) is 30.5 Å². The average Bonchev–Trinajstić information content (AvgIpc) is 3.68. The van der Waals surface area contributed by atoms with E-state index in [-0.39, 0.29) is 5.91 Å². The zero-order chi connectivity index (χ0) is 24.4. The summed E-state index contributed by atoms with van der Waals surface area (Å²) in [6, 6.07) is 11.7. The van der Waals surface area contributed by atoms with E-state index in [4.69, 9.17) is 4.98 Å². The first-order chi connectivity index (χ1) is 17.5. The number of amides is 1. The Morgan fingerprint density at radius 2 is 1.97 bits per heavy atom. The summed E-state index contributed by atoms with van der Waals surface area (Å²) in [6.07, 6.45) is 6.38. The summed E-state index contributed by atoms with van der Waals surface area (Å²) in [5.74, 6) is 1.60. The second-order valence-electron chi connectivity index (χ2n) is 10.1. The first kappa shape index (κ1) is 21.3. The smallest absolute Gasteiger partial charge is 0.251 e. The number of pyridine rings is 1. The van der Waals surface area contributed by atoms with Crippen LogP contribution in [-0.4, -0.2) is 66.6 Å². The van der Waals surface area contributed by atoms with Crippen molar-refractivity contribution < 1.29 is 4.79 Å². The molecule has 1 aromatic carbocycles. The molecule has 36 heavy (non-hydrogen) atoms. The minimum Gasteiger partial charge on any atom is -0.351 e. The fourth-order valence-corrected chi connectivity index (χ4v) is 5.87. The summed E-state index contributed by atoms with van der Waals surface area (Å²) in [7, 11) is 0. The number of likely N-dealkylation sites (tertiary alicyclic amines) is 1. The van der Waals surface area contributed by atoms with Crippen molar-refractivity contribution in [2.75, 3.05) is 23.3 Å². The van der Waals surface area contributed by atoms with Crippen LogP contribution >= 0.6 is 0 Å². The third-order valence-electron chi connectivity index (χ3n) is 7.64. The van der Waals surface area contributed by atoms with Gasteiger partial charge in [0.2, 0.25) is 0 Å². The minimum absolute atomic E-state index is 0.0329. The average molecular weight is 482 g/mol. The maximum Gasteiger partial charge on any atom is 0.251 e. The van der Waals surface area contributed by atoms with Gasteiger partial charge in [0, 0.05) is 48.9 Å². The zero-order valence-electron chi connectivity index (χ0n) is 20.2. The predicted molar refractivity (Wildman–Crippen MR) is 136 cm³/mol. The van der Waals surface area contributed by atoms with Crippen LogP contribution in [0.15, 0.2) is 49.1 Å². The maximum atomic E-state index is 11.9. The quantitative estimate of drug-likeness (QED) is 0.449. The summed E-state index contributed by atoms with van der Waals surface area (Å²) < 4.78 is 1.77. The third-order valence-corrected chi connectivity index (χ3v) is 7.64. The van der Waals surface area contributed by atoms with E-state index >= 15 is 0 Å². The molecule has 2 N–H and O–H groups in total. The number of nitrogens with zero attached hydrogens (tertiary/aromatic N) is 7. The molecule has 182 valence electrons. The van der Waals surface area contributed by atoms with Crippen molar-refractivity contribution in [3.05, 3.63) is 60.2 Å². The number of piperazine rings is 1. The molecule has 2 fully saturated rings. The normalized spacial score (nSPS) is 21.0. The molecule has 2 bridgehead atoms. The standard InChI is InChI=1S/C26H27N9O/c1-15(2)33-12-20-8-19(33)13-34(20)23-6-4-18(10-27-23)32-24-25-30-14-31-35(25)22(11-28-24)16-3-5-21-17(7-16)9-29-26(21)36/h3-7,10-11,14-15,19-20H,8-9,12-13H2,1-2H3,(H,28,32)(H,29,36)/t19-,20-/m0/s1. The van der Waals surface area contributed by atoms with Crippen molar-refractivity contribution in [1.29, 1.82) is 0 Å². The lowest BCUT2D eigenvalue weighted by atomic mass is 10.0. The summed E-state index contributed by atoms with van der Waals surface area (Å²) in [4.78, 5) is 30.8. The number of anilines is 3. The van der Waals surface area contributed by atoms with Gasteiger partial charge in [0.05, 0.1) is 23.8 Å².